The standard InChI is InChI=1S/C13H18N2O4/c1-14-5-3-9(4-6-14)15-8-10(13(18)19-2)11(16)7-12(15)17/h7-9,16H,3-6H2,1-2H3. The van der Waals surface area contributed by atoms with E-state index in [1.807, 2.05) is 7.05 Å². The van der Waals surface area contributed by atoms with Gasteiger partial charge in [-0.3, -0.25) is 4.79 Å². The highest BCUT2D eigenvalue weighted by atomic mass is 16.5. The van der Waals surface area contributed by atoms with Gasteiger partial charge in [0.05, 0.1) is 7.11 Å². The quantitative estimate of drug-likeness (QED) is 0.794. The van der Waals surface area contributed by atoms with Gasteiger partial charge in [0, 0.05) is 18.3 Å². The van der Waals surface area contributed by atoms with Crippen LogP contribution >= 0.6 is 0 Å². The predicted octanol–water partition coefficient (Wildman–Crippen LogP) is 0.607. The van der Waals surface area contributed by atoms with E-state index in [1.165, 1.54) is 17.9 Å². The van der Waals surface area contributed by atoms with Gasteiger partial charge in [-0.25, -0.2) is 4.79 Å². The molecule has 0 radical (unpaired) electrons. The third-order valence-electron chi connectivity index (χ3n) is 3.55. The summed E-state index contributed by atoms with van der Waals surface area (Å²) in [6.45, 7) is 1.82. The van der Waals surface area contributed by atoms with Crippen molar-refractivity contribution in [3.63, 3.8) is 0 Å². The Balaban J connectivity index is 2.35. The smallest absolute Gasteiger partial charge is 0.343 e. The summed E-state index contributed by atoms with van der Waals surface area (Å²) in [5.41, 5.74) is -0.263. The molecular formula is C13H18N2O4. The van der Waals surface area contributed by atoms with Gasteiger partial charge < -0.3 is 19.3 Å². The van der Waals surface area contributed by atoms with Gasteiger partial charge >= 0.3 is 5.97 Å². The van der Waals surface area contributed by atoms with Crippen LogP contribution in [-0.2, 0) is 4.74 Å². The maximum atomic E-state index is 11.9. The van der Waals surface area contributed by atoms with Crippen LogP contribution in [0.1, 0.15) is 29.2 Å². The Morgan fingerprint density at radius 2 is 2.05 bits per heavy atom. The summed E-state index contributed by atoms with van der Waals surface area (Å²) in [6.07, 6.45) is 3.10. The molecule has 1 aliphatic rings. The number of aromatic nitrogens is 1. The zero-order valence-corrected chi connectivity index (χ0v) is 11.1. The minimum Gasteiger partial charge on any atom is -0.507 e. The van der Waals surface area contributed by atoms with Crippen molar-refractivity contribution in [3.8, 4) is 5.75 Å². The molecule has 1 aromatic heterocycles. The molecule has 0 unspecified atom stereocenters. The number of hydrogen-bond donors (Lipinski definition) is 1. The molecule has 1 aromatic rings. The molecule has 1 saturated heterocycles. The van der Waals surface area contributed by atoms with Gasteiger partial charge in [0.1, 0.15) is 11.3 Å². The van der Waals surface area contributed by atoms with Crippen molar-refractivity contribution >= 4 is 5.97 Å². The van der Waals surface area contributed by atoms with E-state index in [9.17, 15) is 14.7 Å². The van der Waals surface area contributed by atoms with E-state index in [2.05, 4.69) is 9.64 Å². The molecule has 2 heterocycles. The molecule has 6 nitrogen and oxygen atoms in total. The van der Waals surface area contributed by atoms with Crippen molar-refractivity contribution in [3.05, 3.63) is 28.2 Å². The lowest BCUT2D eigenvalue weighted by Crippen LogP contribution is -2.35. The second kappa shape index (κ2) is 5.44. The van der Waals surface area contributed by atoms with Crippen LogP contribution in [0.15, 0.2) is 17.1 Å². The third-order valence-corrected chi connectivity index (χ3v) is 3.55. The molecular weight excluding hydrogens is 248 g/mol. The zero-order chi connectivity index (χ0) is 14.0. The summed E-state index contributed by atoms with van der Waals surface area (Å²) in [5, 5.41) is 9.64. The highest BCUT2D eigenvalue weighted by Gasteiger charge is 2.22. The van der Waals surface area contributed by atoms with Gasteiger partial charge in [-0.1, -0.05) is 0 Å². The molecule has 0 aromatic carbocycles. The molecule has 1 aliphatic heterocycles. The van der Waals surface area contributed by atoms with Crippen molar-refractivity contribution in [1.29, 1.82) is 0 Å². The number of piperidine rings is 1. The fourth-order valence-electron chi connectivity index (χ4n) is 2.36. The van der Waals surface area contributed by atoms with Gasteiger partial charge in [-0.15, -0.1) is 0 Å². The van der Waals surface area contributed by atoms with Gasteiger partial charge in [-0.05, 0) is 33.0 Å². The summed E-state index contributed by atoms with van der Waals surface area (Å²) in [4.78, 5) is 25.6. The van der Waals surface area contributed by atoms with E-state index >= 15 is 0 Å². The van der Waals surface area contributed by atoms with Crippen LogP contribution in [0, 0.1) is 0 Å². The predicted molar refractivity (Wildman–Crippen MR) is 69.5 cm³/mol. The number of carbonyl (C=O) groups excluding carboxylic acids is 1. The van der Waals surface area contributed by atoms with E-state index in [0.29, 0.717) is 0 Å². The minimum absolute atomic E-state index is 0.0287. The van der Waals surface area contributed by atoms with Gasteiger partial charge in [0.25, 0.3) is 5.56 Å². The highest BCUT2D eigenvalue weighted by molar-refractivity contribution is 5.91. The average Bonchev–Trinajstić information content (AvgIpc) is 2.39. The molecule has 19 heavy (non-hydrogen) atoms. The van der Waals surface area contributed by atoms with Crippen LogP contribution in [0.2, 0.25) is 0 Å². The SMILES string of the molecule is COC(=O)c1cn(C2CCN(C)CC2)c(=O)cc1O. The molecule has 0 aliphatic carbocycles. The lowest BCUT2D eigenvalue weighted by atomic mass is 10.0. The number of pyridine rings is 1. The largest absolute Gasteiger partial charge is 0.507 e. The number of hydrogen-bond acceptors (Lipinski definition) is 5. The second-order valence-corrected chi connectivity index (χ2v) is 4.84. The number of methoxy groups -OCH3 is 1. The summed E-state index contributed by atoms with van der Waals surface area (Å²) in [6, 6.07) is 1.14. The normalized spacial score (nSPS) is 17.4. The number of ether oxygens (including phenoxy) is 1. The fourth-order valence-corrected chi connectivity index (χ4v) is 2.36. The molecule has 104 valence electrons. The Morgan fingerprint density at radius 1 is 1.42 bits per heavy atom. The maximum absolute atomic E-state index is 11.9. The van der Waals surface area contributed by atoms with Crippen LogP contribution in [-0.4, -0.2) is 47.8 Å². The number of rotatable bonds is 2. The fraction of sp³-hybridized carbons (Fsp3) is 0.538. The molecule has 0 amide bonds. The molecule has 6 heteroatoms. The van der Waals surface area contributed by atoms with E-state index in [-0.39, 0.29) is 22.9 Å². The number of likely N-dealkylation sites (tertiary alicyclic amines) is 1. The summed E-state index contributed by atoms with van der Waals surface area (Å²) in [5.74, 6) is -0.972. The number of aromatic hydroxyl groups is 1. The zero-order valence-electron chi connectivity index (χ0n) is 11.1. The highest BCUT2D eigenvalue weighted by Crippen LogP contribution is 2.23. The second-order valence-electron chi connectivity index (χ2n) is 4.84. The Labute approximate surface area is 111 Å². The third kappa shape index (κ3) is 2.78. The minimum atomic E-state index is -0.640. The van der Waals surface area contributed by atoms with E-state index in [0.717, 1.165) is 32.0 Å². The van der Waals surface area contributed by atoms with Crippen molar-refractivity contribution in [2.24, 2.45) is 0 Å². The first kappa shape index (κ1) is 13.6. The molecule has 1 fully saturated rings. The van der Waals surface area contributed by atoms with Crippen molar-refractivity contribution < 1.29 is 14.6 Å². The monoisotopic (exact) mass is 266 g/mol. The Hall–Kier alpha value is -1.82. The first-order valence-electron chi connectivity index (χ1n) is 6.25. The van der Waals surface area contributed by atoms with E-state index in [4.69, 9.17) is 0 Å². The van der Waals surface area contributed by atoms with Gasteiger partial charge in [0.15, 0.2) is 0 Å². The Kier molecular flexibility index (Phi) is 3.90. The van der Waals surface area contributed by atoms with Gasteiger partial charge in [-0.2, -0.15) is 0 Å². The molecule has 0 saturated carbocycles. The van der Waals surface area contributed by atoms with E-state index in [1.54, 1.807) is 0 Å². The van der Waals surface area contributed by atoms with Crippen molar-refractivity contribution in [2.45, 2.75) is 18.9 Å². The number of esters is 1. The molecule has 1 N–H and O–H groups in total. The van der Waals surface area contributed by atoms with Crippen LogP contribution in [0.4, 0.5) is 0 Å². The van der Waals surface area contributed by atoms with Gasteiger partial charge in [0.2, 0.25) is 0 Å². The van der Waals surface area contributed by atoms with Crippen LogP contribution < -0.4 is 5.56 Å². The topological polar surface area (TPSA) is 71.8 Å². The number of nitrogens with zero attached hydrogens (tertiary/aromatic N) is 2. The van der Waals surface area contributed by atoms with Crippen molar-refractivity contribution in [2.75, 3.05) is 27.2 Å². The maximum Gasteiger partial charge on any atom is 0.343 e. The molecule has 0 bridgehead atoms. The first-order chi connectivity index (χ1) is 9.02. The Bertz CT molecular complexity index is 530. The molecule has 0 spiro atoms. The summed E-state index contributed by atoms with van der Waals surface area (Å²) >= 11 is 0. The molecule has 0 atom stereocenters. The lowest BCUT2D eigenvalue weighted by Gasteiger charge is -2.30. The summed E-state index contributed by atoms with van der Waals surface area (Å²) < 4.78 is 6.12. The lowest BCUT2D eigenvalue weighted by molar-refractivity contribution is 0.0595. The first-order valence-corrected chi connectivity index (χ1v) is 6.25. The van der Waals surface area contributed by atoms with E-state index < -0.39 is 5.97 Å². The Morgan fingerprint density at radius 3 is 2.63 bits per heavy atom. The molecule has 2 rings (SSSR count). The van der Waals surface area contributed by atoms with Crippen LogP contribution in [0.25, 0.3) is 0 Å². The van der Waals surface area contributed by atoms with Crippen molar-refractivity contribution in [1.82, 2.24) is 9.47 Å². The average molecular weight is 266 g/mol. The van der Waals surface area contributed by atoms with Crippen LogP contribution in [0.3, 0.4) is 0 Å². The number of carbonyl (C=O) groups is 1. The van der Waals surface area contributed by atoms with Crippen LogP contribution in [0.5, 0.6) is 5.75 Å². The summed E-state index contributed by atoms with van der Waals surface area (Å²) in [7, 11) is 3.28.